The molecule has 0 bridgehead atoms. The van der Waals surface area contributed by atoms with Crippen molar-refractivity contribution in [3.8, 4) is 11.4 Å². The summed E-state index contributed by atoms with van der Waals surface area (Å²) in [5.41, 5.74) is 1.34. The van der Waals surface area contributed by atoms with Gasteiger partial charge in [0.05, 0.1) is 18.7 Å². The lowest BCUT2D eigenvalue weighted by atomic mass is 10.1. The second kappa shape index (κ2) is 8.79. The van der Waals surface area contributed by atoms with Gasteiger partial charge in [-0.3, -0.25) is 4.79 Å². The summed E-state index contributed by atoms with van der Waals surface area (Å²) in [6, 6.07) is 6.97. The molecule has 0 radical (unpaired) electrons. The maximum Gasteiger partial charge on any atom is 0.251 e. The van der Waals surface area contributed by atoms with Gasteiger partial charge in [-0.25, -0.2) is 0 Å². The fraction of sp³-hybridized carbons (Fsp3) is 0.500. The van der Waals surface area contributed by atoms with Gasteiger partial charge >= 0.3 is 0 Å². The van der Waals surface area contributed by atoms with E-state index in [0.29, 0.717) is 11.4 Å². The number of tetrazole rings is 1. The first kappa shape index (κ1) is 18.4. The Labute approximate surface area is 145 Å². The van der Waals surface area contributed by atoms with Crippen LogP contribution in [0.4, 0.5) is 0 Å². The molecule has 1 amide bonds. The highest BCUT2D eigenvalue weighted by molar-refractivity contribution is 7.98. The summed E-state index contributed by atoms with van der Waals surface area (Å²) in [6.07, 6.45) is 2.74. The predicted octanol–water partition coefficient (Wildman–Crippen LogP) is 1.76. The van der Waals surface area contributed by atoms with Crippen molar-refractivity contribution in [3.05, 3.63) is 29.8 Å². The third-order valence-corrected chi connectivity index (χ3v) is 4.17. The van der Waals surface area contributed by atoms with Crippen LogP contribution in [-0.4, -0.2) is 55.9 Å². The van der Waals surface area contributed by atoms with Crippen LogP contribution in [-0.2, 0) is 0 Å². The van der Waals surface area contributed by atoms with Crippen LogP contribution < -0.4 is 5.32 Å². The molecule has 2 aromatic rings. The first-order valence-corrected chi connectivity index (χ1v) is 9.25. The van der Waals surface area contributed by atoms with Crippen molar-refractivity contribution in [2.45, 2.75) is 32.4 Å². The summed E-state index contributed by atoms with van der Waals surface area (Å²) in [5.74, 6) is 1.23. The van der Waals surface area contributed by atoms with Crippen molar-refractivity contribution >= 4 is 17.7 Å². The smallest absolute Gasteiger partial charge is 0.251 e. The normalized spacial score (nSPS) is 12.4. The summed E-state index contributed by atoms with van der Waals surface area (Å²) in [5, 5.41) is 24.5. The van der Waals surface area contributed by atoms with Gasteiger partial charge in [-0.2, -0.15) is 16.6 Å². The molecule has 7 nitrogen and oxygen atoms in total. The Balaban J connectivity index is 2.03. The Morgan fingerprint density at radius 3 is 2.58 bits per heavy atom. The zero-order valence-electron chi connectivity index (χ0n) is 14.1. The molecule has 1 heterocycles. The highest BCUT2D eigenvalue weighted by atomic mass is 32.2. The summed E-state index contributed by atoms with van der Waals surface area (Å²) in [7, 11) is 0. The third-order valence-electron chi connectivity index (χ3n) is 3.52. The van der Waals surface area contributed by atoms with E-state index in [1.807, 2.05) is 20.1 Å². The number of hydrogen-bond donors (Lipinski definition) is 2. The summed E-state index contributed by atoms with van der Waals surface area (Å²) >= 11 is 1.69. The molecule has 0 aliphatic heterocycles. The van der Waals surface area contributed by atoms with Gasteiger partial charge < -0.3 is 10.4 Å². The number of aliphatic hydroxyl groups excluding tert-OH is 1. The van der Waals surface area contributed by atoms with Gasteiger partial charge in [0, 0.05) is 11.1 Å². The van der Waals surface area contributed by atoms with Crippen LogP contribution in [0.3, 0.4) is 0 Å². The molecule has 24 heavy (non-hydrogen) atoms. The van der Waals surface area contributed by atoms with Gasteiger partial charge in [-0.1, -0.05) is 12.1 Å². The summed E-state index contributed by atoms with van der Waals surface area (Å²) in [6.45, 7) is 3.90. The molecule has 130 valence electrons. The second-order valence-corrected chi connectivity index (χ2v) is 6.72. The zero-order valence-corrected chi connectivity index (χ0v) is 15.0. The number of nitrogens with one attached hydrogen (secondary N) is 1. The van der Waals surface area contributed by atoms with Crippen LogP contribution in [0.1, 0.15) is 36.7 Å². The molecule has 0 saturated heterocycles. The fourth-order valence-electron chi connectivity index (χ4n) is 2.07. The van der Waals surface area contributed by atoms with E-state index in [1.165, 1.54) is 0 Å². The molecule has 2 rings (SSSR count). The quantitative estimate of drug-likeness (QED) is 0.754. The van der Waals surface area contributed by atoms with Crippen molar-refractivity contribution < 1.29 is 9.90 Å². The molecular weight excluding hydrogens is 326 g/mol. The van der Waals surface area contributed by atoms with E-state index in [0.717, 1.165) is 17.7 Å². The minimum absolute atomic E-state index is 0.0629. The second-order valence-electron chi connectivity index (χ2n) is 5.74. The van der Waals surface area contributed by atoms with Crippen molar-refractivity contribution in [2.24, 2.45) is 0 Å². The molecule has 1 atom stereocenters. The topological polar surface area (TPSA) is 92.9 Å². The molecule has 1 aromatic carbocycles. The van der Waals surface area contributed by atoms with Gasteiger partial charge in [-0.05, 0) is 49.6 Å². The summed E-state index contributed by atoms with van der Waals surface area (Å²) in [4.78, 5) is 13.8. The molecule has 0 spiro atoms. The van der Waals surface area contributed by atoms with Crippen LogP contribution in [0.25, 0.3) is 11.4 Å². The lowest BCUT2D eigenvalue weighted by Crippen LogP contribution is -2.37. The van der Waals surface area contributed by atoms with E-state index in [1.54, 1.807) is 40.8 Å². The fourth-order valence-corrected chi connectivity index (χ4v) is 2.59. The zero-order chi connectivity index (χ0) is 17.5. The maximum absolute atomic E-state index is 12.2. The number of hydrogen-bond acceptors (Lipinski definition) is 6. The van der Waals surface area contributed by atoms with Gasteiger partial charge in [0.15, 0.2) is 0 Å². The number of nitrogens with zero attached hydrogens (tertiary/aromatic N) is 4. The number of rotatable bonds is 8. The Bertz CT molecular complexity index is 657. The lowest BCUT2D eigenvalue weighted by molar-refractivity contribution is 0.0915. The third kappa shape index (κ3) is 4.78. The molecule has 1 aromatic heterocycles. The highest BCUT2D eigenvalue weighted by Gasteiger charge is 2.14. The number of amides is 1. The number of benzene rings is 1. The van der Waals surface area contributed by atoms with Crippen LogP contribution >= 0.6 is 11.8 Å². The van der Waals surface area contributed by atoms with Gasteiger partial charge in [0.1, 0.15) is 0 Å². The van der Waals surface area contributed by atoms with Gasteiger partial charge in [-0.15, -0.1) is 10.2 Å². The number of carbonyl (C=O) groups excluding carboxylic acids is 1. The van der Waals surface area contributed by atoms with Crippen molar-refractivity contribution in [1.82, 2.24) is 25.5 Å². The lowest BCUT2D eigenvalue weighted by Gasteiger charge is -2.15. The molecule has 8 heteroatoms. The largest absolute Gasteiger partial charge is 0.394 e. The van der Waals surface area contributed by atoms with E-state index in [9.17, 15) is 9.90 Å². The van der Waals surface area contributed by atoms with E-state index in [-0.39, 0.29) is 24.6 Å². The molecule has 0 aliphatic carbocycles. The van der Waals surface area contributed by atoms with Gasteiger partial charge in [0.2, 0.25) is 5.82 Å². The van der Waals surface area contributed by atoms with Crippen LogP contribution in [0, 0.1) is 0 Å². The van der Waals surface area contributed by atoms with E-state index in [4.69, 9.17) is 0 Å². The number of carbonyl (C=O) groups is 1. The number of aliphatic hydroxyl groups is 1. The van der Waals surface area contributed by atoms with E-state index in [2.05, 4.69) is 20.7 Å². The molecule has 1 unspecified atom stereocenters. The maximum atomic E-state index is 12.2. The van der Waals surface area contributed by atoms with Crippen LogP contribution in [0.2, 0.25) is 0 Å². The van der Waals surface area contributed by atoms with Crippen LogP contribution in [0.15, 0.2) is 24.3 Å². The Morgan fingerprint density at radius 1 is 1.33 bits per heavy atom. The standard InChI is InChI=1S/C16H23N5O2S/c1-11(2)21-19-15(18-20-21)12-4-6-13(7-5-12)16(23)17-14(10-22)8-9-24-3/h4-7,11,14,22H,8-10H2,1-3H3,(H,17,23). The molecular formula is C16H23N5O2S. The number of aromatic nitrogens is 4. The SMILES string of the molecule is CSCCC(CO)NC(=O)c1ccc(-c2nnn(C(C)C)n2)cc1. The van der Waals surface area contributed by atoms with Crippen LogP contribution in [0.5, 0.6) is 0 Å². The molecule has 0 aliphatic rings. The predicted molar refractivity (Wildman–Crippen MR) is 95.0 cm³/mol. The first-order valence-electron chi connectivity index (χ1n) is 7.85. The summed E-state index contributed by atoms with van der Waals surface area (Å²) < 4.78 is 0. The average Bonchev–Trinajstić information content (AvgIpc) is 3.09. The Morgan fingerprint density at radius 2 is 2.04 bits per heavy atom. The van der Waals surface area contributed by atoms with Crippen molar-refractivity contribution in [1.29, 1.82) is 0 Å². The Kier molecular flexibility index (Phi) is 6.74. The minimum Gasteiger partial charge on any atom is -0.394 e. The minimum atomic E-state index is -0.225. The van der Waals surface area contributed by atoms with Gasteiger partial charge in [0.25, 0.3) is 5.91 Å². The van der Waals surface area contributed by atoms with Crippen molar-refractivity contribution in [3.63, 3.8) is 0 Å². The van der Waals surface area contributed by atoms with E-state index >= 15 is 0 Å². The Hall–Kier alpha value is -1.93. The average molecular weight is 349 g/mol. The highest BCUT2D eigenvalue weighted by Crippen LogP contribution is 2.15. The van der Waals surface area contributed by atoms with Crippen molar-refractivity contribution in [2.75, 3.05) is 18.6 Å². The molecule has 0 fully saturated rings. The molecule has 2 N–H and O–H groups in total. The monoisotopic (exact) mass is 349 g/mol. The van der Waals surface area contributed by atoms with E-state index < -0.39 is 0 Å². The molecule has 0 saturated carbocycles. The number of thioether (sulfide) groups is 1. The first-order chi connectivity index (χ1) is 11.5.